The van der Waals surface area contributed by atoms with Gasteiger partial charge < -0.3 is 14.7 Å². The summed E-state index contributed by atoms with van der Waals surface area (Å²) in [5, 5.41) is 11.4. The SMILES string of the molecule is CCOc1cc([C@@H]2[C@H](c3ccccn3)N=C3SC[C@H](CC)N32)cc(Br)c1O. The number of rotatable bonds is 5. The summed E-state index contributed by atoms with van der Waals surface area (Å²) < 4.78 is 6.30. The molecule has 0 aliphatic carbocycles. The standard InChI is InChI=1S/C20H22BrN3O2S/c1-3-13-11-27-20-23-17(15-7-5-6-8-22-15)18(24(13)20)12-9-14(21)19(25)16(10-12)26-4-2/h5-10,13,17-18,25H,3-4,11H2,1-2H3/t13-,17-,18+/m0/s1. The lowest BCUT2D eigenvalue weighted by Crippen LogP contribution is -2.35. The summed E-state index contributed by atoms with van der Waals surface area (Å²) in [6.07, 6.45) is 2.88. The van der Waals surface area contributed by atoms with E-state index in [-0.39, 0.29) is 17.8 Å². The van der Waals surface area contributed by atoms with Crippen molar-refractivity contribution in [3.05, 3.63) is 52.3 Å². The number of aromatic nitrogens is 1. The monoisotopic (exact) mass is 447 g/mol. The van der Waals surface area contributed by atoms with E-state index in [0.29, 0.717) is 22.9 Å². The third-order valence-corrected chi connectivity index (χ3v) is 6.75. The average molecular weight is 448 g/mol. The Kier molecular flexibility index (Phi) is 5.32. The summed E-state index contributed by atoms with van der Waals surface area (Å²) >= 11 is 5.31. The summed E-state index contributed by atoms with van der Waals surface area (Å²) in [6.45, 7) is 4.63. The van der Waals surface area contributed by atoms with Crippen LogP contribution in [-0.4, -0.2) is 38.6 Å². The molecule has 1 saturated heterocycles. The summed E-state index contributed by atoms with van der Waals surface area (Å²) in [5.74, 6) is 1.69. The Morgan fingerprint density at radius 2 is 2.19 bits per heavy atom. The minimum Gasteiger partial charge on any atom is -0.503 e. The predicted molar refractivity (Wildman–Crippen MR) is 113 cm³/mol. The van der Waals surface area contributed by atoms with E-state index in [0.717, 1.165) is 28.6 Å². The number of phenols is 1. The molecular formula is C20H22BrN3O2S. The first-order valence-electron chi connectivity index (χ1n) is 9.19. The molecule has 5 nitrogen and oxygen atoms in total. The van der Waals surface area contributed by atoms with Gasteiger partial charge in [-0.1, -0.05) is 24.8 Å². The van der Waals surface area contributed by atoms with Crippen LogP contribution in [0.15, 0.2) is 46.0 Å². The van der Waals surface area contributed by atoms with Gasteiger partial charge in [-0.05, 0) is 59.1 Å². The topological polar surface area (TPSA) is 58.0 Å². The molecule has 7 heteroatoms. The zero-order valence-corrected chi connectivity index (χ0v) is 17.7. The van der Waals surface area contributed by atoms with Gasteiger partial charge in [0.05, 0.1) is 22.8 Å². The molecular weight excluding hydrogens is 426 g/mol. The van der Waals surface area contributed by atoms with E-state index in [1.807, 2.05) is 55.2 Å². The molecule has 27 heavy (non-hydrogen) atoms. The van der Waals surface area contributed by atoms with Gasteiger partial charge in [0, 0.05) is 18.0 Å². The molecule has 142 valence electrons. The molecule has 3 atom stereocenters. The van der Waals surface area contributed by atoms with Crippen LogP contribution in [0.5, 0.6) is 11.5 Å². The quantitative estimate of drug-likeness (QED) is 0.703. The van der Waals surface area contributed by atoms with E-state index in [2.05, 4.69) is 32.7 Å². The maximum Gasteiger partial charge on any atom is 0.172 e. The highest BCUT2D eigenvalue weighted by atomic mass is 79.9. The number of hydrogen-bond acceptors (Lipinski definition) is 6. The largest absolute Gasteiger partial charge is 0.503 e. The van der Waals surface area contributed by atoms with Crippen molar-refractivity contribution in [3.8, 4) is 11.5 Å². The average Bonchev–Trinajstić information content (AvgIpc) is 3.25. The fraction of sp³-hybridized carbons (Fsp3) is 0.400. The lowest BCUT2D eigenvalue weighted by molar-refractivity contribution is 0.253. The normalized spacial score (nSPS) is 24.0. The molecule has 0 unspecified atom stereocenters. The second-order valence-corrected chi connectivity index (χ2v) is 8.46. The van der Waals surface area contributed by atoms with Crippen LogP contribution >= 0.6 is 27.7 Å². The van der Waals surface area contributed by atoms with Gasteiger partial charge in [-0.15, -0.1) is 0 Å². The van der Waals surface area contributed by atoms with Crippen LogP contribution in [0.3, 0.4) is 0 Å². The third kappa shape index (κ3) is 3.31. The number of hydrogen-bond donors (Lipinski definition) is 1. The molecule has 0 spiro atoms. The van der Waals surface area contributed by atoms with E-state index in [1.54, 1.807) is 0 Å². The Balaban J connectivity index is 1.82. The summed E-state index contributed by atoms with van der Waals surface area (Å²) in [5.41, 5.74) is 2.03. The number of benzene rings is 1. The van der Waals surface area contributed by atoms with E-state index >= 15 is 0 Å². The van der Waals surface area contributed by atoms with Crippen LogP contribution < -0.4 is 4.74 Å². The van der Waals surface area contributed by atoms with Crippen LogP contribution in [0.4, 0.5) is 0 Å². The van der Waals surface area contributed by atoms with Crippen molar-refractivity contribution in [1.82, 2.24) is 9.88 Å². The lowest BCUT2D eigenvalue weighted by Gasteiger charge is -2.32. The number of fused-ring (bicyclic) bond motifs is 1. The smallest absolute Gasteiger partial charge is 0.172 e. The molecule has 0 amide bonds. The van der Waals surface area contributed by atoms with Crippen molar-refractivity contribution in [2.75, 3.05) is 12.4 Å². The van der Waals surface area contributed by atoms with Crippen LogP contribution in [-0.2, 0) is 0 Å². The highest BCUT2D eigenvalue weighted by Gasteiger charge is 2.45. The second kappa shape index (κ2) is 7.72. The van der Waals surface area contributed by atoms with E-state index in [9.17, 15) is 5.11 Å². The van der Waals surface area contributed by atoms with Crippen molar-refractivity contribution in [2.24, 2.45) is 4.99 Å². The minimum absolute atomic E-state index is 0.0333. The fourth-order valence-corrected chi connectivity index (χ4v) is 5.54. The maximum absolute atomic E-state index is 10.3. The van der Waals surface area contributed by atoms with Crippen LogP contribution in [0, 0.1) is 0 Å². The molecule has 1 fully saturated rings. The molecule has 1 aromatic heterocycles. The van der Waals surface area contributed by atoms with Crippen molar-refractivity contribution >= 4 is 32.9 Å². The highest BCUT2D eigenvalue weighted by molar-refractivity contribution is 9.10. The number of thioether (sulfide) groups is 1. The van der Waals surface area contributed by atoms with Crippen LogP contribution in [0.2, 0.25) is 0 Å². The first kappa shape index (κ1) is 18.6. The number of pyridine rings is 1. The zero-order chi connectivity index (χ0) is 19.0. The number of nitrogens with zero attached hydrogens (tertiary/aromatic N) is 3. The number of aliphatic imine (C=N–C) groups is 1. The number of amidine groups is 1. The Labute approximate surface area is 172 Å². The molecule has 3 heterocycles. The van der Waals surface area contributed by atoms with E-state index in [1.165, 1.54) is 0 Å². The van der Waals surface area contributed by atoms with Gasteiger partial charge in [0.25, 0.3) is 0 Å². The van der Waals surface area contributed by atoms with Gasteiger partial charge >= 0.3 is 0 Å². The van der Waals surface area contributed by atoms with Gasteiger partial charge in [-0.3, -0.25) is 9.98 Å². The number of aromatic hydroxyl groups is 1. The van der Waals surface area contributed by atoms with Gasteiger partial charge in [-0.2, -0.15) is 0 Å². The lowest BCUT2D eigenvalue weighted by atomic mass is 9.95. The molecule has 2 aliphatic rings. The number of phenolic OH excluding ortho intramolecular Hbond substituents is 1. The van der Waals surface area contributed by atoms with Gasteiger partial charge in [0.2, 0.25) is 0 Å². The predicted octanol–water partition coefficient (Wildman–Crippen LogP) is 4.93. The molecule has 0 bridgehead atoms. The Bertz CT molecular complexity index is 862. The van der Waals surface area contributed by atoms with Crippen LogP contribution in [0.25, 0.3) is 0 Å². The molecule has 2 aliphatic heterocycles. The first-order valence-corrected chi connectivity index (χ1v) is 11.0. The summed E-state index contributed by atoms with van der Waals surface area (Å²) in [4.78, 5) is 12.0. The Morgan fingerprint density at radius 3 is 2.89 bits per heavy atom. The van der Waals surface area contributed by atoms with E-state index < -0.39 is 0 Å². The van der Waals surface area contributed by atoms with Crippen molar-refractivity contribution < 1.29 is 9.84 Å². The second-order valence-electron chi connectivity index (χ2n) is 6.62. The van der Waals surface area contributed by atoms with Gasteiger partial charge in [0.15, 0.2) is 16.7 Å². The summed E-state index contributed by atoms with van der Waals surface area (Å²) in [7, 11) is 0. The minimum atomic E-state index is -0.0750. The van der Waals surface area contributed by atoms with Crippen molar-refractivity contribution in [3.63, 3.8) is 0 Å². The number of ether oxygens (including phenoxy) is 1. The fourth-order valence-electron chi connectivity index (χ4n) is 3.74. The molecule has 4 rings (SSSR count). The van der Waals surface area contributed by atoms with E-state index in [4.69, 9.17) is 9.73 Å². The van der Waals surface area contributed by atoms with Crippen molar-refractivity contribution in [1.29, 1.82) is 0 Å². The van der Waals surface area contributed by atoms with Crippen LogP contribution in [0.1, 0.15) is 43.6 Å². The highest BCUT2D eigenvalue weighted by Crippen LogP contribution is 2.50. The molecule has 1 aromatic carbocycles. The molecule has 0 radical (unpaired) electrons. The molecule has 0 saturated carbocycles. The Morgan fingerprint density at radius 1 is 1.33 bits per heavy atom. The maximum atomic E-state index is 10.3. The number of halogens is 1. The summed E-state index contributed by atoms with van der Waals surface area (Å²) in [6, 6.07) is 10.3. The zero-order valence-electron chi connectivity index (χ0n) is 15.3. The van der Waals surface area contributed by atoms with Crippen molar-refractivity contribution in [2.45, 2.75) is 38.4 Å². The Hall–Kier alpha value is -1.73. The first-order chi connectivity index (χ1) is 13.1. The molecule has 1 N–H and O–H groups in total. The molecule has 2 aromatic rings. The third-order valence-electron chi connectivity index (χ3n) is 5.02. The van der Waals surface area contributed by atoms with Gasteiger partial charge in [-0.25, -0.2) is 0 Å². The van der Waals surface area contributed by atoms with Gasteiger partial charge in [0.1, 0.15) is 6.04 Å².